The quantitative estimate of drug-likeness (QED) is 0.336. The maximum Gasteiger partial charge on any atom is 0.205 e. The molecular formula is C16H26N4O. The smallest absolute Gasteiger partial charge is 0.205 e. The van der Waals surface area contributed by atoms with Gasteiger partial charge in [-0.25, -0.2) is 5.84 Å². The number of nitrogens with two attached hydrogens (primary N) is 1. The van der Waals surface area contributed by atoms with Crippen molar-refractivity contribution in [3.8, 4) is 5.75 Å². The highest BCUT2D eigenvalue weighted by atomic mass is 16.5. The molecule has 21 heavy (non-hydrogen) atoms. The third-order valence-corrected chi connectivity index (χ3v) is 3.91. The van der Waals surface area contributed by atoms with Crippen molar-refractivity contribution < 1.29 is 4.74 Å². The number of rotatable bonds is 5. The van der Waals surface area contributed by atoms with Gasteiger partial charge in [0.1, 0.15) is 5.75 Å². The molecule has 0 saturated heterocycles. The lowest BCUT2D eigenvalue weighted by Crippen LogP contribution is -2.47. The summed E-state index contributed by atoms with van der Waals surface area (Å²) in [6.07, 6.45) is 7.24. The van der Waals surface area contributed by atoms with E-state index in [1.54, 1.807) is 7.11 Å². The average molecular weight is 290 g/mol. The third-order valence-electron chi connectivity index (χ3n) is 3.91. The van der Waals surface area contributed by atoms with Crippen molar-refractivity contribution in [2.45, 2.75) is 44.6 Å². The van der Waals surface area contributed by atoms with Gasteiger partial charge in [0, 0.05) is 12.6 Å². The monoisotopic (exact) mass is 290 g/mol. The Labute approximate surface area is 126 Å². The van der Waals surface area contributed by atoms with Crippen LogP contribution in [0.3, 0.4) is 0 Å². The first-order valence-electron chi connectivity index (χ1n) is 7.72. The number of ether oxygens (including phenoxy) is 1. The second kappa shape index (κ2) is 8.52. The Morgan fingerprint density at radius 2 is 1.95 bits per heavy atom. The molecule has 0 spiro atoms. The van der Waals surface area contributed by atoms with Crippen LogP contribution in [0.4, 0.5) is 0 Å². The largest absolute Gasteiger partial charge is 0.497 e. The predicted molar refractivity (Wildman–Crippen MR) is 86.3 cm³/mol. The maximum atomic E-state index is 5.55. The lowest BCUT2D eigenvalue weighted by molar-refractivity contribution is 0.410. The summed E-state index contributed by atoms with van der Waals surface area (Å²) in [6.45, 7) is 0.714. The summed E-state index contributed by atoms with van der Waals surface area (Å²) in [6, 6.07) is 8.59. The highest BCUT2D eigenvalue weighted by Crippen LogP contribution is 2.17. The van der Waals surface area contributed by atoms with E-state index in [0.29, 0.717) is 18.5 Å². The highest BCUT2D eigenvalue weighted by molar-refractivity contribution is 5.79. The van der Waals surface area contributed by atoms with E-state index >= 15 is 0 Å². The van der Waals surface area contributed by atoms with Crippen molar-refractivity contribution in [1.29, 1.82) is 0 Å². The van der Waals surface area contributed by atoms with E-state index in [-0.39, 0.29) is 0 Å². The maximum absolute atomic E-state index is 5.55. The topological polar surface area (TPSA) is 71.7 Å². The summed E-state index contributed by atoms with van der Waals surface area (Å²) in [5.74, 6) is 7.13. The minimum atomic E-state index is 0.509. The van der Waals surface area contributed by atoms with E-state index in [4.69, 9.17) is 10.6 Å². The Balaban J connectivity index is 1.79. The second-order valence-corrected chi connectivity index (χ2v) is 5.45. The van der Waals surface area contributed by atoms with Crippen LogP contribution in [0, 0.1) is 0 Å². The molecule has 0 atom stereocenters. The second-order valence-electron chi connectivity index (χ2n) is 5.45. The molecule has 5 heteroatoms. The summed E-state index contributed by atoms with van der Waals surface area (Å²) in [5, 5.41) is 3.40. The van der Waals surface area contributed by atoms with E-state index in [0.717, 1.165) is 12.2 Å². The standard InChI is InChI=1S/C16H26N4O/c1-21-15-9-7-13(8-10-15)11-12-18-16(20-17)19-14-5-3-2-4-6-14/h7-10,14H,2-6,11-12,17H2,1H3,(H2,18,19,20). The number of hydrogen-bond acceptors (Lipinski definition) is 3. The van der Waals surface area contributed by atoms with Crippen molar-refractivity contribution in [2.75, 3.05) is 13.7 Å². The molecule has 1 aliphatic carbocycles. The molecule has 0 heterocycles. The molecule has 5 nitrogen and oxygen atoms in total. The van der Waals surface area contributed by atoms with Gasteiger partial charge in [-0.1, -0.05) is 31.4 Å². The van der Waals surface area contributed by atoms with Gasteiger partial charge in [0.2, 0.25) is 5.96 Å². The molecule has 1 fully saturated rings. The van der Waals surface area contributed by atoms with Crippen molar-refractivity contribution in [3.05, 3.63) is 29.8 Å². The summed E-state index contributed by atoms with van der Waals surface area (Å²) >= 11 is 0. The number of nitrogens with zero attached hydrogens (tertiary/aromatic N) is 1. The SMILES string of the molecule is COc1ccc(CCN=C(NN)NC2CCCCC2)cc1. The summed E-state index contributed by atoms with van der Waals surface area (Å²) in [5.41, 5.74) is 3.92. The molecule has 0 aromatic heterocycles. The molecule has 116 valence electrons. The van der Waals surface area contributed by atoms with E-state index < -0.39 is 0 Å². The molecule has 0 radical (unpaired) electrons. The molecule has 0 amide bonds. The van der Waals surface area contributed by atoms with Crippen LogP contribution in [0.1, 0.15) is 37.7 Å². The van der Waals surface area contributed by atoms with E-state index in [1.807, 2.05) is 12.1 Å². The van der Waals surface area contributed by atoms with Crippen molar-refractivity contribution >= 4 is 5.96 Å². The van der Waals surface area contributed by atoms with Crippen LogP contribution in [0.2, 0.25) is 0 Å². The lowest BCUT2D eigenvalue weighted by Gasteiger charge is -2.24. The Morgan fingerprint density at radius 3 is 2.57 bits per heavy atom. The van der Waals surface area contributed by atoms with Crippen LogP contribution in [0.5, 0.6) is 5.75 Å². The van der Waals surface area contributed by atoms with Crippen LogP contribution >= 0.6 is 0 Å². The lowest BCUT2D eigenvalue weighted by atomic mass is 9.96. The van der Waals surface area contributed by atoms with E-state index in [9.17, 15) is 0 Å². The molecular weight excluding hydrogens is 264 g/mol. The van der Waals surface area contributed by atoms with Gasteiger partial charge in [0.25, 0.3) is 0 Å². The number of hydrogen-bond donors (Lipinski definition) is 3. The summed E-state index contributed by atoms with van der Waals surface area (Å²) < 4.78 is 5.15. The van der Waals surface area contributed by atoms with Crippen LogP contribution < -0.4 is 21.3 Å². The van der Waals surface area contributed by atoms with Gasteiger partial charge in [-0.3, -0.25) is 10.4 Å². The normalized spacial score (nSPS) is 16.6. The fourth-order valence-electron chi connectivity index (χ4n) is 2.66. The predicted octanol–water partition coefficient (Wildman–Crippen LogP) is 1.98. The molecule has 1 aliphatic rings. The van der Waals surface area contributed by atoms with Gasteiger partial charge in [0.05, 0.1) is 7.11 Å². The zero-order chi connectivity index (χ0) is 14.9. The number of hydrazine groups is 1. The minimum Gasteiger partial charge on any atom is -0.497 e. The Bertz CT molecular complexity index is 438. The molecule has 4 N–H and O–H groups in total. The first-order chi connectivity index (χ1) is 10.3. The van der Waals surface area contributed by atoms with Crippen LogP contribution in [-0.2, 0) is 6.42 Å². The van der Waals surface area contributed by atoms with E-state index in [1.165, 1.54) is 37.7 Å². The van der Waals surface area contributed by atoms with E-state index in [2.05, 4.69) is 27.9 Å². The number of nitrogens with one attached hydrogen (secondary N) is 2. The molecule has 2 rings (SSSR count). The number of methoxy groups -OCH3 is 1. The molecule has 1 saturated carbocycles. The zero-order valence-corrected chi connectivity index (χ0v) is 12.8. The Kier molecular flexibility index (Phi) is 6.34. The third kappa shape index (κ3) is 5.27. The minimum absolute atomic E-state index is 0.509. The zero-order valence-electron chi connectivity index (χ0n) is 12.8. The van der Waals surface area contributed by atoms with Gasteiger partial charge in [-0.05, 0) is 37.0 Å². The van der Waals surface area contributed by atoms with Crippen LogP contribution in [0.15, 0.2) is 29.3 Å². The number of aliphatic imine (C=N–C) groups is 1. The van der Waals surface area contributed by atoms with Gasteiger partial charge in [-0.2, -0.15) is 0 Å². The van der Waals surface area contributed by atoms with Gasteiger partial charge >= 0.3 is 0 Å². The summed E-state index contributed by atoms with van der Waals surface area (Å²) in [4.78, 5) is 4.51. The van der Waals surface area contributed by atoms with Crippen molar-refractivity contribution in [2.24, 2.45) is 10.8 Å². The Hall–Kier alpha value is -1.75. The molecule has 0 bridgehead atoms. The van der Waals surface area contributed by atoms with Gasteiger partial charge < -0.3 is 10.1 Å². The fourth-order valence-corrected chi connectivity index (χ4v) is 2.66. The number of guanidine groups is 1. The highest BCUT2D eigenvalue weighted by Gasteiger charge is 2.13. The van der Waals surface area contributed by atoms with Crippen LogP contribution in [0.25, 0.3) is 0 Å². The first-order valence-corrected chi connectivity index (χ1v) is 7.72. The van der Waals surface area contributed by atoms with Crippen molar-refractivity contribution in [3.63, 3.8) is 0 Å². The fraction of sp³-hybridized carbons (Fsp3) is 0.562. The molecule has 0 aliphatic heterocycles. The Morgan fingerprint density at radius 1 is 1.24 bits per heavy atom. The van der Waals surface area contributed by atoms with Crippen LogP contribution in [-0.4, -0.2) is 25.7 Å². The van der Waals surface area contributed by atoms with Crippen molar-refractivity contribution in [1.82, 2.24) is 10.7 Å². The summed E-state index contributed by atoms with van der Waals surface area (Å²) in [7, 11) is 1.68. The molecule has 0 unspecified atom stereocenters. The van der Waals surface area contributed by atoms with Gasteiger partial charge in [0.15, 0.2) is 0 Å². The van der Waals surface area contributed by atoms with Gasteiger partial charge in [-0.15, -0.1) is 0 Å². The average Bonchev–Trinajstić information content (AvgIpc) is 2.55. The first kappa shape index (κ1) is 15.6. The number of benzene rings is 1. The molecule has 1 aromatic rings. The molecule has 1 aromatic carbocycles.